The smallest absolute Gasteiger partial charge is 0.313 e. The number of hydrogen-bond acceptors (Lipinski definition) is 5. The first kappa shape index (κ1) is 24.2. The summed E-state index contributed by atoms with van der Waals surface area (Å²) in [6, 6.07) is 1.12. The molecule has 33 heavy (non-hydrogen) atoms. The maximum atomic E-state index is 13.1. The number of aromatic nitrogens is 1. The minimum atomic E-state index is -0.790. The minimum Gasteiger partial charge on any atom is -0.366 e. The molecule has 0 aromatic carbocycles. The number of aliphatic imine (C=N–C) groups is 1. The third kappa shape index (κ3) is 6.06. The monoisotopic (exact) mass is 452 g/mol. The Kier molecular flexibility index (Phi) is 7.97. The highest BCUT2D eigenvalue weighted by atomic mass is 16.2. The van der Waals surface area contributed by atoms with Gasteiger partial charge in [0.1, 0.15) is 5.84 Å². The molecule has 2 saturated heterocycles. The predicted molar refractivity (Wildman–Crippen MR) is 128 cm³/mol. The molecule has 0 saturated carbocycles. The third-order valence-corrected chi connectivity index (χ3v) is 6.09. The zero-order chi connectivity index (χ0) is 24.0. The van der Waals surface area contributed by atoms with Crippen LogP contribution in [0.5, 0.6) is 0 Å². The van der Waals surface area contributed by atoms with Crippen molar-refractivity contribution in [3.8, 4) is 0 Å². The molecule has 3 rings (SSSR count). The molecule has 3 amide bonds. The van der Waals surface area contributed by atoms with E-state index in [1.807, 2.05) is 12.2 Å². The van der Waals surface area contributed by atoms with Crippen molar-refractivity contribution in [1.29, 1.82) is 0 Å². The molecule has 0 radical (unpaired) electrons. The van der Waals surface area contributed by atoms with Crippen LogP contribution in [-0.2, 0) is 9.59 Å². The fourth-order valence-corrected chi connectivity index (χ4v) is 4.28. The van der Waals surface area contributed by atoms with E-state index in [0.717, 1.165) is 50.2 Å². The van der Waals surface area contributed by atoms with Gasteiger partial charge in [0.25, 0.3) is 0 Å². The Labute approximate surface area is 194 Å². The Morgan fingerprint density at radius 1 is 1.21 bits per heavy atom. The van der Waals surface area contributed by atoms with Gasteiger partial charge in [-0.25, -0.2) is 0 Å². The second kappa shape index (κ2) is 10.9. The van der Waals surface area contributed by atoms with Crippen LogP contribution in [0.3, 0.4) is 0 Å². The van der Waals surface area contributed by atoms with Gasteiger partial charge in [0.2, 0.25) is 5.91 Å². The number of primary amides is 1. The van der Waals surface area contributed by atoms with E-state index in [9.17, 15) is 14.4 Å². The number of amides is 3. The van der Waals surface area contributed by atoms with Crippen LogP contribution < -0.4 is 11.1 Å². The number of nitrogens with one attached hydrogen (secondary N) is 1. The molecular formula is C24H32N6O3. The van der Waals surface area contributed by atoms with E-state index in [4.69, 9.17) is 5.73 Å². The number of likely N-dealkylation sites (tertiary alicyclic amines) is 2. The lowest BCUT2D eigenvalue weighted by molar-refractivity contribution is -0.145. The molecule has 9 heteroatoms. The molecule has 0 bridgehead atoms. The number of carbonyl (C=O) groups is 3. The minimum absolute atomic E-state index is 0.148. The van der Waals surface area contributed by atoms with Crippen molar-refractivity contribution in [1.82, 2.24) is 14.8 Å². The molecule has 2 atom stereocenters. The summed E-state index contributed by atoms with van der Waals surface area (Å²) in [7, 11) is 1.77. The number of hydrogen-bond donors (Lipinski definition) is 2. The number of nitrogens with two attached hydrogens (primary N) is 1. The van der Waals surface area contributed by atoms with Gasteiger partial charge in [-0.05, 0) is 49.3 Å². The predicted octanol–water partition coefficient (Wildman–Crippen LogP) is 1.98. The van der Waals surface area contributed by atoms with E-state index >= 15 is 0 Å². The van der Waals surface area contributed by atoms with Crippen LogP contribution in [0.2, 0.25) is 0 Å². The molecule has 1 aromatic heterocycles. The van der Waals surface area contributed by atoms with Crippen molar-refractivity contribution >= 4 is 29.2 Å². The van der Waals surface area contributed by atoms with Crippen LogP contribution >= 0.6 is 0 Å². The molecule has 3 heterocycles. The summed E-state index contributed by atoms with van der Waals surface area (Å²) in [6.07, 6.45) is 10.5. The molecule has 0 aliphatic carbocycles. The summed E-state index contributed by atoms with van der Waals surface area (Å²) in [5.41, 5.74) is 6.41. The molecule has 3 N–H and O–H groups in total. The molecule has 0 spiro atoms. The summed E-state index contributed by atoms with van der Waals surface area (Å²) in [5, 5.41) is 2.53. The van der Waals surface area contributed by atoms with Crippen molar-refractivity contribution in [2.45, 2.75) is 38.6 Å². The second-order valence-corrected chi connectivity index (χ2v) is 8.62. The molecule has 1 aromatic rings. The van der Waals surface area contributed by atoms with Crippen LogP contribution in [0.25, 0.3) is 0 Å². The van der Waals surface area contributed by atoms with Gasteiger partial charge in [0.05, 0.1) is 23.5 Å². The molecule has 2 aliphatic heterocycles. The summed E-state index contributed by atoms with van der Waals surface area (Å²) >= 11 is 0. The van der Waals surface area contributed by atoms with Gasteiger partial charge >= 0.3 is 11.8 Å². The van der Waals surface area contributed by atoms with E-state index in [-0.39, 0.29) is 23.2 Å². The van der Waals surface area contributed by atoms with Gasteiger partial charge in [-0.1, -0.05) is 19.6 Å². The highest BCUT2D eigenvalue weighted by Crippen LogP contribution is 2.27. The standard InChI is InChI=1S/C24H32N6O3/c1-16-6-8-20(17(2)7-9-21(26-3)29-10-4-5-11-29)30(15-16)24(33)23(32)28-19-12-18(22(25)31)13-27-14-19/h7,9,12-14,16,20H,2,4-6,8,10-11,15H2,1,3H3,(H2,25,31)(H,28,32)/b9-7-,26-21?/t16-,20+/m1/s1. The van der Waals surface area contributed by atoms with Gasteiger partial charge < -0.3 is 20.9 Å². The van der Waals surface area contributed by atoms with E-state index in [0.29, 0.717) is 6.54 Å². The van der Waals surface area contributed by atoms with E-state index in [2.05, 4.69) is 33.7 Å². The number of amidine groups is 1. The maximum absolute atomic E-state index is 13.1. The summed E-state index contributed by atoms with van der Waals surface area (Å²) in [5.74, 6) is -0.930. The average Bonchev–Trinajstić information content (AvgIpc) is 3.33. The van der Waals surface area contributed by atoms with Crippen molar-refractivity contribution in [3.05, 3.63) is 48.3 Å². The van der Waals surface area contributed by atoms with Crippen molar-refractivity contribution in [2.75, 3.05) is 32.0 Å². The first-order valence-electron chi connectivity index (χ1n) is 11.3. The fourth-order valence-electron chi connectivity index (χ4n) is 4.28. The number of pyridine rings is 1. The number of nitrogens with zero attached hydrogens (tertiary/aromatic N) is 4. The van der Waals surface area contributed by atoms with Gasteiger partial charge in [-0.2, -0.15) is 0 Å². The Morgan fingerprint density at radius 3 is 2.61 bits per heavy atom. The molecule has 9 nitrogen and oxygen atoms in total. The SMILES string of the molecule is C=C(/C=C\C(=NC)N1CCCC1)[C@@H]1CC[C@@H](C)CN1C(=O)C(=O)Nc1cncc(C(N)=O)c1. The molecule has 0 unspecified atom stereocenters. The highest BCUT2D eigenvalue weighted by molar-refractivity contribution is 6.39. The Bertz CT molecular complexity index is 980. The van der Waals surface area contributed by atoms with E-state index in [1.54, 1.807) is 11.9 Å². The van der Waals surface area contributed by atoms with Gasteiger partial charge in [0.15, 0.2) is 0 Å². The average molecular weight is 453 g/mol. The van der Waals surface area contributed by atoms with Crippen LogP contribution in [0.4, 0.5) is 5.69 Å². The van der Waals surface area contributed by atoms with Crippen molar-refractivity contribution < 1.29 is 14.4 Å². The van der Waals surface area contributed by atoms with E-state index < -0.39 is 17.7 Å². The van der Waals surface area contributed by atoms with Crippen LogP contribution in [0, 0.1) is 5.92 Å². The number of rotatable bonds is 5. The highest BCUT2D eigenvalue weighted by Gasteiger charge is 2.34. The first-order valence-corrected chi connectivity index (χ1v) is 11.3. The van der Waals surface area contributed by atoms with Crippen LogP contribution in [0.15, 0.2) is 47.8 Å². The third-order valence-electron chi connectivity index (χ3n) is 6.09. The normalized spacial score (nSPS) is 21.3. The zero-order valence-electron chi connectivity index (χ0n) is 19.3. The summed E-state index contributed by atoms with van der Waals surface area (Å²) in [6.45, 7) is 8.69. The molecule has 2 aliphatic rings. The lowest BCUT2D eigenvalue weighted by atomic mass is 9.90. The number of anilines is 1. The topological polar surface area (TPSA) is 121 Å². The molecule has 176 valence electrons. The van der Waals surface area contributed by atoms with E-state index in [1.165, 1.54) is 18.5 Å². The summed E-state index contributed by atoms with van der Waals surface area (Å²) in [4.78, 5) is 49.3. The first-order chi connectivity index (χ1) is 15.8. The Hall–Kier alpha value is -3.49. The quantitative estimate of drug-likeness (QED) is 0.306. The lowest BCUT2D eigenvalue weighted by Gasteiger charge is -2.38. The van der Waals surface area contributed by atoms with Gasteiger partial charge in [-0.15, -0.1) is 0 Å². The second-order valence-electron chi connectivity index (χ2n) is 8.62. The lowest BCUT2D eigenvalue weighted by Crippen LogP contribution is -2.50. The Morgan fingerprint density at radius 2 is 1.94 bits per heavy atom. The fraction of sp³-hybridized carbons (Fsp3) is 0.458. The summed E-state index contributed by atoms with van der Waals surface area (Å²) < 4.78 is 0. The number of piperidine rings is 1. The van der Waals surface area contributed by atoms with Gasteiger partial charge in [0, 0.05) is 32.9 Å². The zero-order valence-corrected chi connectivity index (χ0v) is 19.3. The molecule has 2 fully saturated rings. The Balaban J connectivity index is 1.71. The van der Waals surface area contributed by atoms with Gasteiger partial charge in [-0.3, -0.25) is 24.4 Å². The van der Waals surface area contributed by atoms with Crippen molar-refractivity contribution in [3.63, 3.8) is 0 Å². The van der Waals surface area contributed by atoms with Crippen molar-refractivity contribution in [2.24, 2.45) is 16.6 Å². The van der Waals surface area contributed by atoms with Crippen LogP contribution in [-0.4, -0.2) is 71.1 Å². The molecular weight excluding hydrogens is 420 g/mol. The number of carbonyl (C=O) groups excluding carboxylic acids is 3. The largest absolute Gasteiger partial charge is 0.366 e. The van der Waals surface area contributed by atoms with Crippen LogP contribution in [0.1, 0.15) is 43.0 Å². The maximum Gasteiger partial charge on any atom is 0.313 e.